The van der Waals surface area contributed by atoms with Gasteiger partial charge in [0.1, 0.15) is 6.04 Å². The van der Waals surface area contributed by atoms with E-state index in [2.05, 4.69) is 0 Å². The third kappa shape index (κ3) is 3.73. The van der Waals surface area contributed by atoms with Crippen molar-refractivity contribution in [2.75, 3.05) is 0 Å². The van der Waals surface area contributed by atoms with E-state index in [1.54, 1.807) is 11.0 Å². The van der Waals surface area contributed by atoms with Gasteiger partial charge in [-0.25, -0.2) is 4.79 Å². The predicted molar refractivity (Wildman–Crippen MR) is 114 cm³/mol. The van der Waals surface area contributed by atoms with Crippen LogP contribution in [-0.4, -0.2) is 38.8 Å². The quantitative estimate of drug-likeness (QED) is 0.439. The zero-order chi connectivity index (χ0) is 21.3. The molecule has 7 heteroatoms. The summed E-state index contributed by atoms with van der Waals surface area (Å²) in [6.45, 7) is 1.83. The molecule has 30 heavy (non-hydrogen) atoms. The molecular formula is C23H22N2O4S. The van der Waals surface area contributed by atoms with Crippen molar-refractivity contribution in [2.24, 2.45) is 5.73 Å². The Labute approximate surface area is 179 Å². The molecule has 0 spiro atoms. The third-order valence-electron chi connectivity index (χ3n) is 5.40. The number of hydrogen-bond acceptors (Lipinski definition) is 5. The Kier molecular flexibility index (Phi) is 5.39. The molecule has 2 heterocycles. The van der Waals surface area contributed by atoms with E-state index in [9.17, 15) is 14.4 Å². The summed E-state index contributed by atoms with van der Waals surface area (Å²) in [5.41, 5.74) is 6.94. The molecule has 2 N–H and O–H groups in total. The molecule has 2 aromatic rings. The molecule has 0 saturated carbocycles. The molecule has 0 aromatic heterocycles. The smallest absolute Gasteiger partial charge is 0.331 e. The van der Waals surface area contributed by atoms with Gasteiger partial charge in [-0.1, -0.05) is 66.7 Å². The number of amides is 2. The summed E-state index contributed by atoms with van der Waals surface area (Å²) in [4.78, 5) is 38.5. The van der Waals surface area contributed by atoms with Crippen LogP contribution in [0.4, 0.5) is 0 Å². The minimum Gasteiger partial charge on any atom is -0.451 e. The fourth-order valence-electron chi connectivity index (χ4n) is 3.93. The van der Waals surface area contributed by atoms with Gasteiger partial charge >= 0.3 is 5.97 Å². The summed E-state index contributed by atoms with van der Waals surface area (Å²) < 4.78 is 5.21. The van der Waals surface area contributed by atoms with Crippen molar-refractivity contribution in [3.05, 3.63) is 83.9 Å². The van der Waals surface area contributed by atoms with E-state index in [4.69, 9.17) is 10.5 Å². The fourth-order valence-corrected chi connectivity index (χ4v) is 5.58. The second kappa shape index (κ2) is 7.99. The van der Waals surface area contributed by atoms with Crippen molar-refractivity contribution in [2.45, 2.75) is 35.6 Å². The molecule has 6 nitrogen and oxygen atoms in total. The molecule has 3 atom stereocenters. The van der Waals surface area contributed by atoms with Crippen LogP contribution in [-0.2, 0) is 19.1 Å². The standard InChI is InChI=1S/C23H22N2O4S/c1-23(13-12-17(24)26)21(25-18(27)14-19(25)30-23)22(28)29-20(15-8-4-2-5-9-15)16-10-6-3-7-11-16/h2-13,19-21H,14H2,1H3,(H2,24,26)/b13-12-/t19-,21+,23+/m1/s1. The van der Waals surface area contributed by atoms with E-state index in [0.29, 0.717) is 6.42 Å². The highest BCUT2D eigenvalue weighted by molar-refractivity contribution is 8.01. The molecule has 0 unspecified atom stereocenters. The number of nitrogens with zero attached hydrogens (tertiary/aromatic N) is 1. The highest BCUT2D eigenvalue weighted by Crippen LogP contribution is 2.52. The van der Waals surface area contributed by atoms with E-state index in [0.717, 1.165) is 11.1 Å². The van der Waals surface area contributed by atoms with Gasteiger partial charge in [0.2, 0.25) is 11.8 Å². The maximum absolute atomic E-state index is 13.4. The van der Waals surface area contributed by atoms with Crippen molar-refractivity contribution in [3.63, 3.8) is 0 Å². The molecule has 154 valence electrons. The first-order valence-corrected chi connectivity index (χ1v) is 10.5. The number of benzene rings is 2. The van der Waals surface area contributed by atoms with Gasteiger partial charge < -0.3 is 15.4 Å². The van der Waals surface area contributed by atoms with Crippen LogP contribution in [0.25, 0.3) is 0 Å². The number of ether oxygens (including phenoxy) is 1. The molecule has 2 amide bonds. The number of nitrogens with two attached hydrogens (primary N) is 1. The molecule has 0 radical (unpaired) electrons. The lowest BCUT2D eigenvalue weighted by Gasteiger charge is -2.38. The maximum Gasteiger partial charge on any atom is 0.331 e. The van der Waals surface area contributed by atoms with Crippen LogP contribution in [0.2, 0.25) is 0 Å². The van der Waals surface area contributed by atoms with Crippen molar-refractivity contribution in [1.82, 2.24) is 4.90 Å². The number of fused-ring (bicyclic) bond motifs is 1. The van der Waals surface area contributed by atoms with Crippen LogP contribution >= 0.6 is 11.8 Å². The molecular weight excluding hydrogens is 400 g/mol. The predicted octanol–water partition coefficient (Wildman–Crippen LogP) is 2.79. The largest absolute Gasteiger partial charge is 0.451 e. The Bertz CT molecular complexity index is 955. The van der Waals surface area contributed by atoms with Gasteiger partial charge in [-0.05, 0) is 18.1 Å². The van der Waals surface area contributed by atoms with Gasteiger partial charge in [-0.2, -0.15) is 0 Å². The minimum atomic E-state index is -0.834. The molecule has 2 aliphatic heterocycles. The van der Waals surface area contributed by atoms with Crippen molar-refractivity contribution >= 4 is 29.5 Å². The fraction of sp³-hybridized carbons (Fsp3) is 0.261. The lowest BCUT2D eigenvalue weighted by atomic mass is 9.95. The molecule has 2 aromatic carbocycles. The summed E-state index contributed by atoms with van der Waals surface area (Å²) in [6.07, 6.45) is 2.62. The first-order valence-electron chi connectivity index (χ1n) is 9.67. The van der Waals surface area contributed by atoms with Crippen molar-refractivity contribution in [3.8, 4) is 0 Å². The van der Waals surface area contributed by atoms with Crippen LogP contribution in [0.15, 0.2) is 72.8 Å². The number of primary amides is 1. The number of hydrogen-bond donors (Lipinski definition) is 1. The summed E-state index contributed by atoms with van der Waals surface area (Å²) >= 11 is 1.47. The average molecular weight is 423 g/mol. The van der Waals surface area contributed by atoms with E-state index < -0.39 is 28.8 Å². The maximum atomic E-state index is 13.4. The average Bonchev–Trinajstić information content (AvgIpc) is 2.99. The number of thioether (sulfide) groups is 1. The first-order chi connectivity index (χ1) is 14.4. The number of carbonyl (C=O) groups excluding carboxylic acids is 3. The Morgan fingerprint density at radius 2 is 1.70 bits per heavy atom. The summed E-state index contributed by atoms with van der Waals surface area (Å²) in [5.74, 6) is -1.20. The van der Waals surface area contributed by atoms with Gasteiger partial charge in [0.25, 0.3) is 0 Å². The summed E-state index contributed by atoms with van der Waals surface area (Å²) in [7, 11) is 0. The molecule has 2 saturated heterocycles. The van der Waals surface area contributed by atoms with E-state index in [1.807, 2.05) is 67.6 Å². The van der Waals surface area contributed by atoms with Crippen LogP contribution < -0.4 is 5.73 Å². The molecule has 0 bridgehead atoms. The van der Waals surface area contributed by atoms with Gasteiger partial charge in [0.15, 0.2) is 6.10 Å². The van der Waals surface area contributed by atoms with E-state index >= 15 is 0 Å². The summed E-state index contributed by atoms with van der Waals surface area (Å²) in [6, 6.07) is 18.1. The minimum absolute atomic E-state index is 0.0957. The zero-order valence-corrected chi connectivity index (χ0v) is 17.2. The van der Waals surface area contributed by atoms with Crippen LogP contribution in [0.5, 0.6) is 0 Å². The van der Waals surface area contributed by atoms with Crippen molar-refractivity contribution in [1.29, 1.82) is 0 Å². The number of β-lactam (4-membered cyclic amide) rings is 1. The van der Waals surface area contributed by atoms with Gasteiger partial charge in [0.05, 0.1) is 16.5 Å². The number of rotatable bonds is 6. The van der Waals surface area contributed by atoms with Crippen LogP contribution in [0, 0.1) is 0 Å². The molecule has 4 rings (SSSR count). The topological polar surface area (TPSA) is 89.7 Å². The lowest BCUT2D eigenvalue weighted by molar-refractivity contribution is -0.163. The second-order valence-electron chi connectivity index (χ2n) is 7.54. The SMILES string of the molecule is C[C@@]1(/C=C\C(N)=O)S[C@@H]2CC(=O)N2[C@H]1C(=O)OC(c1ccccc1)c1ccccc1. The Balaban J connectivity index is 1.67. The zero-order valence-electron chi connectivity index (χ0n) is 16.4. The van der Waals surface area contributed by atoms with Crippen LogP contribution in [0.1, 0.15) is 30.6 Å². The third-order valence-corrected chi connectivity index (χ3v) is 6.93. The van der Waals surface area contributed by atoms with Gasteiger partial charge in [-0.15, -0.1) is 11.8 Å². The number of esters is 1. The lowest BCUT2D eigenvalue weighted by Crippen LogP contribution is -2.57. The molecule has 2 aliphatic rings. The van der Waals surface area contributed by atoms with E-state index in [1.165, 1.54) is 17.8 Å². The monoisotopic (exact) mass is 422 g/mol. The van der Waals surface area contributed by atoms with Gasteiger partial charge in [0, 0.05) is 6.08 Å². The second-order valence-corrected chi connectivity index (χ2v) is 9.20. The highest BCUT2D eigenvalue weighted by atomic mass is 32.2. The Hall–Kier alpha value is -3.06. The van der Waals surface area contributed by atoms with Gasteiger partial charge in [-0.3, -0.25) is 9.59 Å². The Morgan fingerprint density at radius 1 is 1.13 bits per heavy atom. The van der Waals surface area contributed by atoms with E-state index in [-0.39, 0.29) is 11.3 Å². The molecule has 2 fully saturated rings. The molecule has 0 aliphatic carbocycles. The highest BCUT2D eigenvalue weighted by Gasteiger charge is 2.60. The van der Waals surface area contributed by atoms with Crippen LogP contribution in [0.3, 0.4) is 0 Å². The number of carbonyl (C=O) groups is 3. The Morgan fingerprint density at radius 3 is 2.20 bits per heavy atom. The van der Waals surface area contributed by atoms with Crippen molar-refractivity contribution < 1.29 is 19.1 Å². The first kappa shape index (κ1) is 20.2. The summed E-state index contributed by atoms with van der Waals surface area (Å²) in [5, 5.41) is -0.107. The normalized spacial score (nSPS) is 25.3.